The molecule has 0 radical (unpaired) electrons. The van der Waals surface area contributed by atoms with Crippen molar-refractivity contribution in [2.45, 2.75) is 37.8 Å². The predicted octanol–water partition coefficient (Wildman–Crippen LogP) is 2.59. The molecule has 9 nitrogen and oxygen atoms in total. The second kappa shape index (κ2) is 9.47. The van der Waals surface area contributed by atoms with Crippen LogP contribution in [-0.4, -0.2) is 70.1 Å². The van der Waals surface area contributed by atoms with Crippen molar-refractivity contribution in [1.29, 1.82) is 5.26 Å². The molecule has 4 rings (SSSR count). The molecule has 1 atom stereocenters. The van der Waals surface area contributed by atoms with Gasteiger partial charge in [0.2, 0.25) is 5.95 Å². The van der Waals surface area contributed by atoms with Gasteiger partial charge in [-0.1, -0.05) is 0 Å². The summed E-state index contributed by atoms with van der Waals surface area (Å²) in [7, 11) is 1.71. The SMILES string of the molecule is COC1CCN(C(=O)c2csc(Nc3nccc([C@H]4CCCN4CC#N)n3)n2)CC1. The molecule has 30 heavy (non-hydrogen) atoms. The highest BCUT2D eigenvalue weighted by atomic mass is 32.1. The van der Waals surface area contributed by atoms with Crippen LogP contribution in [0, 0.1) is 11.3 Å². The highest BCUT2D eigenvalue weighted by Gasteiger charge is 2.27. The maximum atomic E-state index is 12.7. The first-order valence-electron chi connectivity index (χ1n) is 10.2. The topological polar surface area (TPSA) is 107 Å². The molecule has 4 heterocycles. The molecule has 1 N–H and O–H groups in total. The Labute approximate surface area is 179 Å². The van der Waals surface area contributed by atoms with Crippen molar-refractivity contribution in [2.75, 3.05) is 38.6 Å². The van der Waals surface area contributed by atoms with E-state index in [9.17, 15) is 4.79 Å². The molecular weight excluding hydrogens is 402 g/mol. The van der Waals surface area contributed by atoms with Gasteiger partial charge in [-0.2, -0.15) is 5.26 Å². The number of carbonyl (C=O) groups is 1. The molecule has 2 aliphatic rings. The maximum Gasteiger partial charge on any atom is 0.273 e. The number of rotatable bonds is 6. The molecule has 0 bridgehead atoms. The Kier molecular flexibility index (Phi) is 6.52. The summed E-state index contributed by atoms with van der Waals surface area (Å²) >= 11 is 1.36. The normalized spacial score (nSPS) is 20.3. The molecule has 0 unspecified atom stereocenters. The molecule has 2 fully saturated rings. The monoisotopic (exact) mass is 427 g/mol. The maximum absolute atomic E-state index is 12.7. The number of nitrogens with zero attached hydrogens (tertiary/aromatic N) is 6. The number of carbonyl (C=O) groups excluding carboxylic acids is 1. The Morgan fingerprint density at radius 2 is 2.17 bits per heavy atom. The Bertz CT molecular complexity index is 920. The van der Waals surface area contributed by atoms with E-state index in [0.29, 0.717) is 36.4 Å². The van der Waals surface area contributed by atoms with Crippen molar-refractivity contribution in [3.63, 3.8) is 0 Å². The predicted molar refractivity (Wildman–Crippen MR) is 113 cm³/mol. The summed E-state index contributed by atoms with van der Waals surface area (Å²) < 4.78 is 5.37. The van der Waals surface area contributed by atoms with Crippen LogP contribution < -0.4 is 5.32 Å². The summed E-state index contributed by atoms with van der Waals surface area (Å²) in [5, 5.41) is 14.5. The third-order valence-electron chi connectivity index (χ3n) is 5.66. The summed E-state index contributed by atoms with van der Waals surface area (Å²) in [4.78, 5) is 30.1. The number of thiazole rings is 1. The molecule has 2 aromatic heterocycles. The zero-order valence-corrected chi connectivity index (χ0v) is 17.8. The molecule has 10 heteroatoms. The van der Waals surface area contributed by atoms with Gasteiger partial charge in [-0.05, 0) is 38.3 Å². The highest BCUT2D eigenvalue weighted by molar-refractivity contribution is 7.14. The van der Waals surface area contributed by atoms with Crippen LogP contribution in [0.25, 0.3) is 0 Å². The van der Waals surface area contributed by atoms with Crippen LogP contribution in [0.5, 0.6) is 0 Å². The van der Waals surface area contributed by atoms with Gasteiger partial charge in [0.15, 0.2) is 5.13 Å². The minimum Gasteiger partial charge on any atom is -0.381 e. The van der Waals surface area contributed by atoms with Crippen molar-refractivity contribution in [3.8, 4) is 6.07 Å². The first-order chi connectivity index (χ1) is 14.7. The second-order valence-corrected chi connectivity index (χ2v) is 8.34. The van der Waals surface area contributed by atoms with E-state index >= 15 is 0 Å². The lowest BCUT2D eigenvalue weighted by Crippen LogP contribution is -2.40. The number of hydrogen-bond acceptors (Lipinski definition) is 9. The molecular formula is C20H25N7O2S. The fourth-order valence-electron chi connectivity index (χ4n) is 4.04. The van der Waals surface area contributed by atoms with Crippen LogP contribution in [-0.2, 0) is 4.74 Å². The molecule has 2 saturated heterocycles. The number of anilines is 2. The molecule has 158 valence electrons. The molecule has 0 aliphatic carbocycles. The van der Waals surface area contributed by atoms with Gasteiger partial charge in [-0.25, -0.2) is 15.0 Å². The van der Waals surface area contributed by atoms with Gasteiger partial charge < -0.3 is 15.0 Å². The van der Waals surface area contributed by atoms with E-state index in [4.69, 9.17) is 10.00 Å². The largest absolute Gasteiger partial charge is 0.381 e. The van der Waals surface area contributed by atoms with Crippen LogP contribution in [0.2, 0.25) is 0 Å². The fraction of sp³-hybridized carbons (Fsp3) is 0.550. The highest BCUT2D eigenvalue weighted by Crippen LogP contribution is 2.31. The molecule has 0 aromatic carbocycles. The van der Waals surface area contributed by atoms with Gasteiger partial charge in [0, 0.05) is 31.8 Å². The van der Waals surface area contributed by atoms with E-state index in [0.717, 1.165) is 37.9 Å². The van der Waals surface area contributed by atoms with Crippen LogP contribution in [0.3, 0.4) is 0 Å². The number of nitriles is 1. The number of aromatic nitrogens is 3. The zero-order valence-electron chi connectivity index (χ0n) is 17.0. The van der Waals surface area contributed by atoms with Crippen LogP contribution >= 0.6 is 11.3 Å². The minimum atomic E-state index is -0.0541. The minimum absolute atomic E-state index is 0.0541. The van der Waals surface area contributed by atoms with E-state index in [-0.39, 0.29) is 18.1 Å². The van der Waals surface area contributed by atoms with Crippen molar-refractivity contribution in [3.05, 3.63) is 29.0 Å². The smallest absolute Gasteiger partial charge is 0.273 e. The van der Waals surface area contributed by atoms with Gasteiger partial charge in [-0.15, -0.1) is 11.3 Å². The van der Waals surface area contributed by atoms with E-state index in [1.165, 1.54) is 11.3 Å². The van der Waals surface area contributed by atoms with Crippen molar-refractivity contribution in [2.24, 2.45) is 0 Å². The van der Waals surface area contributed by atoms with Gasteiger partial charge in [0.25, 0.3) is 5.91 Å². The number of amides is 1. The third-order valence-corrected chi connectivity index (χ3v) is 6.42. The first-order valence-corrected chi connectivity index (χ1v) is 11.0. The number of piperidine rings is 1. The van der Waals surface area contributed by atoms with Crippen molar-refractivity contribution < 1.29 is 9.53 Å². The molecule has 0 saturated carbocycles. The first kappa shape index (κ1) is 20.7. The van der Waals surface area contributed by atoms with Crippen LogP contribution in [0.15, 0.2) is 17.6 Å². The van der Waals surface area contributed by atoms with Crippen LogP contribution in [0.1, 0.15) is 47.9 Å². The lowest BCUT2D eigenvalue weighted by molar-refractivity contribution is 0.0348. The third kappa shape index (κ3) is 4.59. The average molecular weight is 428 g/mol. The number of ether oxygens (including phenoxy) is 1. The average Bonchev–Trinajstić information content (AvgIpc) is 3.43. The summed E-state index contributed by atoms with van der Waals surface area (Å²) in [6.45, 7) is 2.67. The second-order valence-electron chi connectivity index (χ2n) is 7.48. The summed E-state index contributed by atoms with van der Waals surface area (Å²) in [6.07, 6.45) is 5.68. The molecule has 0 spiro atoms. The van der Waals surface area contributed by atoms with E-state index in [1.807, 2.05) is 11.0 Å². The Morgan fingerprint density at radius 3 is 2.93 bits per heavy atom. The Hall–Kier alpha value is -2.61. The van der Waals surface area contributed by atoms with E-state index < -0.39 is 0 Å². The van der Waals surface area contributed by atoms with Gasteiger partial charge in [-0.3, -0.25) is 9.69 Å². The van der Waals surface area contributed by atoms with E-state index in [2.05, 4.69) is 31.2 Å². The summed E-state index contributed by atoms with van der Waals surface area (Å²) in [5.74, 6) is 0.396. The standard InChI is InChI=1S/C20H25N7O2S/c1-29-14-5-10-27(11-6-14)18(28)16-13-30-20(24-16)25-19-22-8-4-15(23-19)17-3-2-9-26(17)12-7-21/h4,8,13-14,17H,2-3,5-6,9-12H2,1H3,(H,22,23,24,25)/t17-/m1/s1. The van der Waals surface area contributed by atoms with Crippen molar-refractivity contribution in [1.82, 2.24) is 24.8 Å². The Morgan fingerprint density at radius 1 is 1.33 bits per heavy atom. The number of nitrogens with one attached hydrogen (secondary N) is 1. The quantitative estimate of drug-likeness (QED) is 0.701. The Balaban J connectivity index is 1.40. The summed E-state index contributed by atoms with van der Waals surface area (Å²) in [6, 6.07) is 4.26. The zero-order chi connectivity index (χ0) is 20.9. The molecule has 1 amide bonds. The van der Waals surface area contributed by atoms with Gasteiger partial charge in [0.05, 0.1) is 30.5 Å². The molecule has 2 aliphatic heterocycles. The van der Waals surface area contributed by atoms with Gasteiger partial charge >= 0.3 is 0 Å². The molecule has 2 aromatic rings. The fourth-order valence-corrected chi connectivity index (χ4v) is 4.72. The summed E-state index contributed by atoms with van der Waals surface area (Å²) in [5.41, 5.74) is 1.33. The lowest BCUT2D eigenvalue weighted by atomic mass is 10.1. The van der Waals surface area contributed by atoms with Gasteiger partial charge in [0.1, 0.15) is 5.69 Å². The number of methoxy groups -OCH3 is 1. The van der Waals surface area contributed by atoms with Crippen molar-refractivity contribution >= 4 is 28.3 Å². The lowest BCUT2D eigenvalue weighted by Gasteiger charge is -2.30. The van der Waals surface area contributed by atoms with Crippen LogP contribution in [0.4, 0.5) is 11.1 Å². The van der Waals surface area contributed by atoms with E-state index in [1.54, 1.807) is 18.7 Å². The number of likely N-dealkylation sites (tertiary alicyclic amines) is 2. The number of hydrogen-bond donors (Lipinski definition) is 1.